The van der Waals surface area contributed by atoms with E-state index in [4.69, 9.17) is 23.2 Å². The van der Waals surface area contributed by atoms with E-state index in [2.05, 4.69) is 0 Å². The van der Waals surface area contributed by atoms with Gasteiger partial charge in [0.25, 0.3) is 23.4 Å². The quantitative estimate of drug-likeness (QED) is 0.261. The third-order valence-electron chi connectivity index (χ3n) is 5.94. The van der Waals surface area contributed by atoms with Gasteiger partial charge in [0.1, 0.15) is 5.56 Å². The van der Waals surface area contributed by atoms with E-state index in [1.165, 1.54) is 30.3 Å². The maximum absolute atomic E-state index is 13.6. The van der Waals surface area contributed by atoms with Gasteiger partial charge in [0.15, 0.2) is 0 Å². The molecule has 0 radical (unpaired) electrons. The number of carbonyl (C=O) groups excluding carboxylic acids is 3. The molecule has 1 fully saturated rings. The van der Waals surface area contributed by atoms with E-state index in [1.54, 1.807) is 12.1 Å². The first-order valence-corrected chi connectivity index (χ1v) is 11.0. The van der Waals surface area contributed by atoms with Gasteiger partial charge < -0.3 is 0 Å². The van der Waals surface area contributed by atoms with E-state index in [9.17, 15) is 24.5 Å². The predicted molar refractivity (Wildman–Crippen MR) is 121 cm³/mol. The van der Waals surface area contributed by atoms with Gasteiger partial charge in [0.05, 0.1) is 23.3 Å². The largest absolute Gasteiger partial charge is 0.282 e. The first-order valence-electron chi connectivity index (χ1n) is 10.2. The number of halogens is 2. The van der Waals surface area contributed by atoms with Crippen molar-refractivity contribution >= 4 is 46.6 Å². The molecule has 2 aliphatic rings. The third-order valence-corrected chi connectivity index (χ3v) is 6.53. The number of amides is 3. The summed E-state index contributed by atoms with van der Waals surface area (Å²) in [4.78, 5) is 51.0. The number of rotatable bonds is 5. The molecule has 170 valence electrons. The van der Waals surface area contributed by atoms with E-state index in [1.807, 2.05) is 13.0 Å². The second-order valence-electron chi connectivity index (χ2n) is 8.06. The molecule has 1 heterocycles. The zero-order valence-corrected chi connectivity index (χ0v) is 19.0. The molecule has 10 heteroatoms. The molecule has 3 amide bonds. The number of nitro groups is 1. The van der Waals surface area contributed by atoms with Crippen molar-refractivity contribution in [2.75, 3.05) is 0 Å². The third kappa shape index (κ3) is 4.24. The fraction of sp³-hybridized carbons (Fsp3) is 0.261. The average molecular weight is 488 g/mol. The predicted octanol–water partition coefficient (Wildman–Crippen LogP) is 4.80. The van der Waals surface area contributed by atoms with Crippen LogP contribution in [0.25, 0.3) is 0 Å². The summed E-state index contributed by atoms with van der Waals surface area (Å²) < 4.78 is 0. The molecular formula is C23H19Cl2N3O5. The van der Waals surface area contributed by atoms with Crippen molar-refractivity contribution < 1.29 is 19.3 Å². The molecule has 0 spiro atoms. The van der Waals surface area contributed by atoms with Gasteiger partial charge in [-0.2, -0.15) is 5.01 Å². The second kappa shape index (κ2) is 8.96. The van der Waals surface area contributed by atoms with E-state index in [0.717, 1.165) is 15.6 Å². The maximum atomic E-state index is 13.6. The lowest BCUT2D eigenvalue weighted by molar-refractivity contribution is -0.385. The molecule has 1 saturated heterocycles. The topological polar surface area (TPSA) is 101 Å². The van der Waals surface area contributed by atoms with Crippen molar-refractivity contribution in [3.63, 3.8) is 0 Å². The number of para-hydroxylation sites is 1. The number of hydrogen-bond donors (Lipinski definition) is 0. The minimum Gasteiger partial charge on any atom is -0.272 e. The minimum absolute atomic E-state index is 0.233. The van der Waals surface area contributed by atoms with Gasteiger partial charge in [-0.3, -0.25) is 24.5 Å². The molecule has 1 aliphatic carbocycles. The molecule has 1 aliphatic heterocycles. The summed E-state index contributed by atoms with van der Waals surface area (Å²) in [5.74, 6) is -3.02. The van der Waals surface area contributed by atoms with Gasteiger partial charge in [0, 0.05) is 16.1 Å². The van der Waals surface area contributed by atoms with Crippen LogP contribution >= 0.6 is 23.2 Å². The Kier molecular flexibility index (Phi) is 6.23. The average Bonchev–Trinajstić information content (AvgIpc) is 3.02. The Labute approximate surface area is 199 Å². The van der Waals surface area contributed by atoms with Crippen LogP contribution in [0.3, 0.4) is 0 Å². The molecule has 2 aromatic rings. The Bertz CT molecular complexity index is 1210. The fourth-order valence-corrected chi connectivity index (χ4v) is 4.72. The van der Waals surface area contributed by atoms with Crippen LogP contribution in [0.5, 0.6) is 0 Å². The lowest BCUT2D eigenvalue weighted by atomic mass is 9.82. The molecule has 0 unspecified atom stereocenters. The normalized spacial score (nSPS) is 19.8. The van der Waals surface area contributed by atoms with Crippen LogP contribution in [0, 0.1) is 22.0 Å². The van der Waals surface area contributed by atoms with Crippen LogP contribution < -0.4 is 0 Å². The Hall–Kier alpha value is -3.23. The van der Waals surface area contributed by atoms with E-state index >= 15 is 0 Å². The van der Waals surface area contributed by atoms with Crippen LogP contribution in [0.15, 0.2) is 54.1 Å². The molecule has 0 saturated carbocycles. The van der Waals surface area contributed by atoms with Crippen molar-refractivity contribution in [1.29, 1.82) is 0 Å². The number of nitrogens with zero attached hydrogens (tertiary/aromatic N) is 3. The van der Waals surface area contributed by atoms with Crippen molar-refractivity contribution in [3.8, 4) is 0 Å². The Morgan fingerprint density at radius 3 is 2.55 bits per heavy atom. The standard InChI is InChI=1S/C23H19Cl2N3O5/c1-13-6-9-16-18(10-13)23(31)27(22(16)30)26(12-14-7-8-15(24)11-19(14)25)21(29)17-4-2-3-5-20(17)28(32)33/h2-8,11,16,18H,9-10,12H2,1H3/t16-,18+/m0/s1. The minimum atomic E-state index is -0.849. The van der Waals surface area contributed by atoms with Crippen molar-refractivity contribution in [3.05, 3.63) is 85.4 Å². The Balaban J connectivity index is 1.78. The van der Waals surface area contributed by atoms with Crippen molar-refractivity contribution in [2.45, 2.75) is 26.3 Å². The highest BCUT2D eigenvalue weighted by molar-refractivity contribution is 6.35. The van der Waals surface area contributed by atoms with Gasteiger partial charge in [-0.1, -0.05) is 53.1 Å². The van der Waals surface area contributed by atoms with Crippen LogP contribution in [0.2, 0.25) is 10.0 Å². The molecule has 33 heavy (non-hydrogen) atoms. The Morgan fingerprint density at radius 2 is 1.85 bits per heavy atom. The number of allylic oxidation sites excluding steroid dienone is 2. The molecule has 4 rings (SSSR count). The van der Waals surface area contributed by atoms with Gasteiger partial charge >= 0.3 is 0 Å². The molecule has 2 atom stereocenters. The van der Waals surface area contributed by atoms with E-state index < -0.39 is 40.2 Å². The molecule has 8 nitrogen and oxygen atoms in total. The first kappa shape index (κ1) is 22.9. The van der Waals surface area contributed by atoms with E-state index in [-0.39, 0.29) is 17.1 Å². The summed E-state index contributed by atoms with van der Waals surface area (Å²) in [7, 11) is 0. The smallest absolute Gasteiger partial charge is 0.272 e. The fourth-order valence-electron chi connectivity index (χ4n) is 4.26. The van der Waals surface area contributed by atoms with Crippen LogP contribution in [-0.4, -0.2) is 32.7 Å². The molecule has 0 N–H and O–H groups in total. The second-order valence-corrected chi connectivity index (χ2v) is 8.91. The first-order chi connectivity index (χ1) is 15.7. The van der Waals surface area contributed by atoms with Gasteiger partial charge in [-0.15, -0.1) is 0 Å². The Morgan fingerprint density at radius 1 is 1.15 bits per heavy atom. The number of nitro benzene ring substituents is 1. The number of fused-ring (bicyclic) bond motifs is 1. The summed E-state index contributed by atoms with van der Waals surface area (Å²) in [6.07, 6.45) is 2.73. The summed E-state index contributed by atoms with van der Waals surface area (Å²) in [5, 5.41) is 13.9. The van der Waals surface area contributed by atoms with Gasteiger partial charge in [0.2, 0.25) is 0 Å². The van der Waals surface area contributed by atoms with Gasteiger partial charge in [-0.25, -0.2) is 5.01 Å². The molecule has 2 aromatic carbocycles. The van der Waals surface area contributed by atoms with Crippen LogP contribution in [-0.2, 0) is 16.1 Å². The number of carbonyl (C=O) groups is 3. The summed E-state index contributed by atoms with van der Waals surface area (Å²) in [6.45, 7) is 1.64. The molecular weight excluding hydrogens is 469 g/mol. The van der Waals surface area contributed by atoms with Crippen molar-refractivity contribution in [2.24, 2.45) is 11.8 Å². The highest BCUT2D eigenvalue weighted by Gasteiger charge is 2.51. The zero-order chi connectivity index (χ0) is 23.9. The number of hydrazine groups is 1. The highest BCUT2D eigenvalue weighted by Crippen LogP contribution is 2.39. The van der Waals surface area contributed by atoms with Crippen molar-refractivity contribution in [1.82, 2.24) is 10.0 Å². The molecule has 0 aromatic heterocycles. The highest BCUT2D eigenvalue weighted by atomic mass is 35.5. The molecule has 0 bridgehead atoms. The number of benzene rings is 2. The van der Waals surface area contributed by atoms with Crippen LogP contribution in [0.1, 0.15) is 35.7 Å². The van der Waals surface area contributed by atoms with E-state index in [0.29, 0.717) is 23.4 Å². The van der Waals surface area contributed by atoms with Gasteiger partial charge in [-0.05, 0) is 43.5 Å². The number of imide groups is 1. The lowest BCUT2D eigenvalue weighted by Gasteiger charge is -2.31. The van der Waals surface area contributed by atoms with Crippen LogP contribution in [0.4, 0.5) is 5.69 Å². The summed E-state index contributed by atoms with van der Waals surface area (Å²) in [5.41, 5.74) is 0.760. The number of hydrogen-bond acceptors (Lipinski definition) is 5. The zero-order valence-electron chi connectivity index (χ0n) is 17.5. The summed E-state index contributed by atoms with van der Waals surface area (Å²) >= 11 is 12.3. The monoisotopic (exact) mass is 487 g/mol. The lowest BCUT2D eigenvalue weighted by Crippen LogP contribution is -2.50. The SMILES string of the molecule is CC1=CC[C@@H]2C(=O)N(N(Cc3ccc(Cl)cc3Cl)C(=O)c3ccccc3[N+](=O)[O-])C(=O)[C@@H]2C1. The summed E-state index contributed by atoms with van der Waals surface area (Å²) in [6, 6.07) is 10.0. The maximum Gasteiger partial charge on any atom is 0.282 e.